The summed E-state index contributed by atoms with van der Waals surface area (Å²) in [6.45, 7) is 8.22. The fraction of sp³-hybridized carbons (Fsp3) is 0.800. The lowest BCUT2D eigenvalue weighted by Crippen LogP contribution is -2.38. The first-order valence-corrected chi connectivity index (χ1v) is 6.89. The Kier molecular flexibility index (Phi) is 4.43. The number of anilines is 1. The van der Waals surface area contributed by atoms with Gasteiger partial charge >= 0.3 is 0 Å². The van der Waals surface area contributed by atoms with E-state index < -0.39 is 0 Å². The smallest absolute Gasteiger partial charge is 0.203 e. The maximum Gasteiger partial charge on any atom is 0.203 e. The topological polar surface area (TPSA) is 37.8 Å². The molecule has 0 aromatic carbocycles. The zero-order chi connectivity index (χ0) is 12.4. The maximum absolute atomic E-state index is 5.86. The Labute approximate surface area is 111 Å². The number of nitrogens with one attached hydrogen (secondary N) is 1. The SMILES string of the molecule is CC(CCl)(CCl)Nc1nc(C(C)(C)C)ns1. The van der Waals surface area contributed by atoms with E-state index in [0.29, 0.717) is 11.8 Å². The Morgan fingerprint density at radius 2 is 1.75 bits per heavy atom. The number of alkyl halides is 2. The van der Waals surface area contributed by atoms with Crippen molar-refractivity contribution in [3.8, 4) is 0 Å². The van der Waals surface area contributed by atoms with Gasteiger partial charge in [-0.25, -0.2) is 4.98 Å². The van der Waals surface area contributed by atoms with Gasteiger partial charge in [0.05, 0.1) is 5.54 Å². The predicted molar refractivity (Wildman–Crippen MR) is 72.1 cm³/mol. The van der Waals surface area contributed by atoms with E-state index in [1.165, 1.54) is 11.5 Å². The number of hydrogen-bond donors (Lipinski definition) is 1. The first-order chi connectivity index (χ1) is 7.30. The Morgan fingerprint density at radius 1 is 1.19 bits per heavy atom. The summed E-state index contributed by atoms with van der Waals surface area (Å²) in [6.07, 6.45) is 0. The number of rotatable bonds is 4. The maximum atomic E-state index is 5.86. The molecular weight excluding hydrogens is 265 g/mol. The first kappa shape index (κ1) is 14.0. The summed E-state index contributed by atoms with van der Waals surface area (Å²) in [5.41, 5.74) is -0.368. The molecule has 0 fully saturated rings. The molecule has 6 heteroatoms. The first-order valence-electron chi connectivity index (χ1n) is 5.05. The second-order valence-electron chi connectivity index (χ2n) is 5.13. The van der Waals surface area contributed by atoms with E-state index in [0.717, 1.165) is 11.0 Å². The Bertz CT molecular complexity index is 342. The molecule has 1 N–H and O–H groups in total. The normalized spacial score (nSPS) is 12.9. The molecule has 0 saturated heterocycles. The molecule has 0 atom stereocenters. The lowest BCUT2D eigenvalue weighted by Gasteiger charge is -2.25. The van der Waals surface area contributed by atoms with E-state index >= 15 is 0 Å². The third kappa shape index (κ3) is 3.47. The van der Waals surface area contributed by atoms with Crippen LogP contribution in [0.3, 0.4) is 0 Å². The van der Waals surface area contributed by atoms with Crippen LogP contribution in [0, 0.1) is 0 Å². The van der Waals surface area contributed by atoms with Crippen LogP contribution in [0.1, 0.15) is 33.5 Å². The van der Waals surface area contributed by atoms with Crippen molar-refractivity contribution >= 4 is 39.9 Å². The Hall–Kier alpha value is -0.0600. The second kappa shape index (κ2) is 5.07. The van der Waals surface area contributed by atoms with E-state index in [2.05, 4.69) is 35.4 Å². The predicted octanol–water partition coefficient (Wildman–Crippen LogP) is 3.48. The molecule has 92 valence electrons. The van der Waals surface area contributed by atoms with Crippen LogP contribution in [-0.4, -0.2) is 26.7 Å². The molecular formula is C10H17Cl2N3S. The highest BCUT2D eigenvalue weighted by Gasteiger charge is 2.25. The third-order valence-electron chi connectivity index (χ3n) is 2.10. The molecule has 1 heterocycles. The van der Waals surface area contributed by atoms with Gasteiger partial charge < -0.3 is 5.32 Å². The van der Waals surface area contributed by atoms with Gasteiger partial charge in [0.25, 0.3) is 0 Å². The summed E-state index contributed by atoms with van der Waals surface area (Å²) in [5.74, 6) is 1.70. The van der Waals surface area contributed by atoms with Crippen LogP contribution in [0.5, 0.6) is 0 Å². The van der Waals surface area contributed by atoms with Gasteiger partial charge in [0.2, 0.25) is 5.13 Å². The molecule has 0 unspecified atom stereocenters. The fourth-order valence-electron chi connectivity index (χ4n) is 0.940. The molecule has 3 nitrogen and oxygen atoms in total. The van der Waals surface area contributed by atoms with Crippen molar-refractivity contribution in [1.82, 2.24) is 9.36 Å². The molecule has 1 aromatic heterocycles. The largest absolute Gasteiger partial charge is 0.353 e. The standard InChI is InChI=1S/C10H17Cl2N3S/c1-9(2,3)7-13-8(16-15-7)14-10(4,5-11)6-12/h5-6H2,1-4H3,(H,13,14,15). The number of nitrogens with zero attached hydrogens (tertiary/aromatic N) is 2. The van der Waals surface area contributed by atoms with Gasteiger partial charge in [0.1, 0.15) is 5.82 Å². The van der Waals surface area contributed by atoms with Crippen molar-refractivity contribution in [3.63, 3.8) is 0 Å². The molecule has 16 heavy (non-hydrogen) atoms. The van der Waals surface area contributed by atoms with E-state index in [1.54, 1.807) is 0 Å². The number of aromatic nitrogens is 2. The lowest BCUT2D eigenvalue weighted by molar-refractivity contribution is 0.554. The highest BCUT2D eigenvalue weighted by atomic mass is 35.5. The van der Waals surface area contributed by atoms with Gasteiger partial charge in [-0.1, -0.05) is 20.8 Å². The number of hydrogen-bond acceptors (Lipinski definition) is 4. The molecule has 1 aromatic rings. The minimum atomic E-state index is -0.336. The van der Waals surface area contributed by atoms with E-state index in [1.807, 2.05) is 6.92 Å². The van der Waals surface area contributed by atoms with Crippen LogP contribution in [0.4, 0.5) is 5.13 Å². The third-order valence-corrected chi connectivity index (χ3v) is 3.91. The fourth-order valence-corrected chi connectivity index (χ4v) is 2.27. The van der Waals surface area contributed by atoms with E-state index in [-0.39, 0.29) is 11.0 Å². The van der Waals surface area contributed by atoms with Gasteiger partial charge in [0.15, 0.2) is 0 Å². The van der Waals surface area contributed by atoms with Crippen LogP contribution >= 0.6 is 34.7 Å². The van der Waals surface area contributed by atoms with Crippen molar-refractivity contribution < 1.29 is 0 Å². The molecule has 0 aliphatic heterocycles. The molecule has 0 spiro atoms. The Morgan fingerprint density at radius 3 is 2.12 bits per heavy atom. The monoisotopic (exact) mass is 281 g/mol. The van der Waals surface area contributed by atoms with E-state index in [9.17, 15) is 0 Å². The minimum Gasteiger partial charge on any atom is -0.353 e. The summed E-state index contributed by atoms with van der Waals surface area (Å²) < 4.78 is 4.32. The lowest BCUT2D eigenvalue weighted by atomic mass is 9.96. The summed E-state index contributed by atoms with van der Waals surface area (Å²) in [5, 5.41) is 4.00. The zero-order valence-corrected chi connectivity index (χ0v) is 12.3. The highest BCUT2D eigenvalue weighted by Crippen LogP contribution is 2.25. The molecule has 0 radical (unpaired) electrons. The summed E-state index contributed by atoms with van der Waals surface area (Å²) in [7, 11) is 0. The van der Waals surface area contributed by atoms with Gasteiger partial charge in [-0.05, 0) is 6.92 Å². The van der Waals surface area contributed by atoms with Gasteiger partial charge in [0, 0.05) is 28.7 Å². The zero-order valence-electron chi connectivity index (χ0n) is 9.97. The molecule has 1 rings (SSSR count). The van der Waals surface area contributed by atoms with Gasteiger partial charge in [-0.3, -0.25) is 0 Å². The molecule has 0 aliphatic carbocycles. The van der Waals surface area contributed by atoms with Crippen LogP contribution < -0.4 is 5.32 Å². The molecule has 0 saturated carbocycles. The Balaban J connectivity index is 2.80. The minimum absolute atomic E-state index is 0.0330. The van der Waals surface area contributed by atoms with Gasteiger partial charge in [-0.2, -0.15) is 4.37 Å². The van der Waals surface area contributed by atoms with Crippen LogP contribution in [-0.2, 0) is 5.41 Å². The average molecular weight is 282 g/mol. The summed E-state index contributed by atoms with van der Waals surface area (Å²) in [4.78, 5) is 4.44. The van der Waals surface area contributed by atoms with Crippen LogP contribution in [0.2, 0.25) is 0 Å². The van der Waals surface area contributed by atoms with Crippen LogP contribution in [0.25, 0.3) is 0 Å². The van der Waals surface area contributed by atoms with Crippen molar-refractivity contribution in [1.29, 1.82) is 0 Å². The van der Waals surface area contributed by atoms with Crippen molar-refractivity contribution in [2.24, 2.45) is 0 Å². The average Bonchev–Trinajstić information content (AvgIpc) is 2.65. The number of halogens is 2. The molecule has 0 aliphatic rings. The molecule has 0 bridgehead atoms. The van der Waals surface area contributed by atoms with Crippen molar-refractivity contribution in [2.45, 2.75) is 38.6 Å². The summed E-state index contributed by atoms with van der Waals surface area (Å²) in [6, 6.07) is 0. The highest BCUT2D eigenvalue weighted by molar-refractivity contribution is 7.09. The van der Waals surface area contributed by atoms with Crippen molar-refractivity contribution in [3.05, 3.63) is 5.82 Å². The second-order valence-corrected chi connectivity index (χ2v) is 6.41. The van der Waals surface area contributed by atoms with Gasteiger partial charge in [-0.15, -0.1) is 23.2 Å². The molecule has 0 amide bonds. The van der Waals surface area contributed by atoms with E-state index in [4.69, 9.17) is 23.2 Å². The summed E-state index contributed by atoms with van der Waals surface area (Å²) >= 11 is 13.1. The van der Waals surface area contributed by atoms with Crippen molar-refractivity contribution in [2.75, 3.05) is 17.1 Å². The quantitative estimate of drug-likeness (QED) is 0.859. The van der Waals surface area contributed by atoms with Crippen LogP contribution in [0.15, 0.2) is 0 Å².